The number of aryl methyl sites for hydroxylation is 1. The van der Waals surface area contributed by atoms with E-state index < -0.39 is 5.97 Å². The Morgan fingerprint density at radius 3 is 2.68 bits per heavy atom. The van der Waals surface area contributed by atoms with Crippen LogP contribution in [0.5, 0.6) is 0 Å². The first kappa shape index (κ1) is 13.7. The van der Waals surface area contributed by atoms with Gasteiger partial charge in [0.2, 0.25) is 0 Å². The van der Waals surface area contributed by atoms with Crippen LogP contribution >= 0.6 is 11.3 Å². The van der Waals surface area contributed by atoms with Gasteiger partial charge in [0.05, 0.1) is 5.39 Å². The van der Waals surface area contributed by atoms with Crippen molar-refractivity contribution in [3.8, 4) is 0 Å². The lowest BCUT2D eigenvalue weighted by atomic mass is 10.1. The summed E-state index contributed by atoms with van der Waals surface area (Å²) in [6, 6.07) is 0.339. The zero-order valence-electron chi connectivity index (χ0n) is 11.2. The second kappa shape index (κ2) is 5.52. The van der Waals surface area contributed by atoms with E-state index in [0.29, 0.717) is 10.9 Å². The number of carboxylic acid groups (broad SMARTS) is 1. The van der Waals surface area contributed by atoms with Crippen LogP contribution in [0.4, 0.5) is 5.82 Å². The summed E-state index contributed by atoms with van der Waals surface area (Å²) in [4.78, 5) is 20.7. The van der Waals surface area contributed by atoms with Gasteiger partial charge in [-0.3, -0.25) is 0 Å². The third-order valence-corrected chi connectivity index (χ3v) is 4.44. The van der Waals surface area contributed by atoms with Crippen molar-refractivity contribution >= 4 is 33.3 Å². The molecule has 2 rings (SSSR count). The number of aromatic carboxylic acids is 1. The molecule has 0 spiro atoms. The number of nitrogens with zero attached hydrogens (tertiary/aromatic N) is 2. The van der Waals surface area contributed by atoms with Gasteiger partial charge in [-0.1, -0.05) is 13.8 Å². The number of nitrogens with one attached hydrogen (secondary N) is 1. The van der Waals surface area contributed by atoms with Crippen LogP contribution in [0.3, 0.4) is 0 Å². The molecule has 2 N–H and O–H groups in total. The van der Waals surface area contributed by atoms with Crippen molar-refractivity contribution in [1.29, 1.82) is 0 Å². The van der Waals surface area contributed by atoms with Gasteiger partial charge >= 0.3 is 5.97 Å². The third kappa shape index (κ3) is 2.53. The van der Waals surface area contributed by atoms with Crippen LogP contribution in [0.1, 0.15) is 41.9 Å². The monoisotopic (exact) mass is 279 g/mol. The minimum atomic E-state index is -0.908. The third-order valence-electron chi connectivity index (χ3n) is 3.25. The highest BCUT2D eigenvalue weighted by Crippen LogP contribution is 2.33. The average molecular weight is 279 g/mol. The van der Waals surface area contributed by atoms with Gasteiger partial charge in [0.1, 0.15) is 21.9 Å². The van der Waals surface area contributed by atoms with Crippen molar-refractivity contribution in [2.45, 2.75) is 39.7 Å². The Hall–Kier alpha value is -1.69. The molecule has 0 aliphatic carbocycles. The number of carboxylic acids is 1. The molecule has 0 aliphatic heterocycles. The van der Waals surface area contributed by atoms with E-state index in [1.54, 1.807) is 0 Å². The number of anilines is 1. The Morgan fingerprint density at radius 2 is 2.11 bits per heavy atom. The molecule has 0 saturated carbocycles. The Balaban J connectivity index is 2.53. The molecule has 0 amide bonds. The molecular formula is C13H17N3O2S. The van der Waals surface area contributed by atoms with Crippen molar-refractivity contribution in [3.63, 3.8) is 0 Å². The number of rotatable bonds is 5. The van der Waals surface area contributed by atoms with Crippen LogP contribution in [0, 0.1) is 6.92 Å². The minimum Gasteiger partial charge on any atom is -0.477 e. The van der Waals surface area contributed by atoms with Crippen molar-refractivity contribution in [1.82, 2.24) is 9.97 Å². The maximum Gasteiger partial charge on any atom is 0.346 e. The van der Waals surface area contributed by atoms with Gasteiger partial charge in [0.25, 0.3) is 0 Å². The molecule has 2 heterocycles. The van der Waals surface area contributed by atoms with Crippen molar-refractivity contribution in [2.75, 3.05) is 5.32 Å². The van der Waals surface area contributed by atoms with Gasteiger partial charge in [-0.2, -0.15) is 0 Å². The first-order chi connectivity index (χ1) is 9.08. The summed E-state index contributed by atoms with van der Waals surface area (Å²) < 4.78 is 0. The van der Waals surface area contributed by atoms with Crippen LogP contribution in [0.2, 0.25) is 0 Å². The number of aromatic nitrogens is 2. The molecule has 2 aromatic heterocycles. The zero-order valence-corrected chi connectivity index (χ0v) is 12.0. The van der Waals surface area contributed by atoms with Crippen molar-refractivity contribution < 1.29 is 9.90 Å². The van der Waals surface area contributed by atoms with Gasteiger partial charge < -0.3 is 10.4 Å². The number of carbonyl (C=O) groups is 1. The van der Waals surface area contributed by atoms with Crippen molar-refractivity contribution in [2.24, 2.45) is 0 Å². The lowest BCUT2D eigenvalue weighted by molar-refractivity contribution is 0.0701. The van der Waals surface area contributed by atoms with Crippen LogP contribution in [0.15, 0.2) is 6.33 Å². The number of thiophene rings is 1. The van der Waals surface area contributed by atoms with E-state index in [1.165, 1.54) is 17.7 Å². The summed E-state index contributed by atoms with van der Waals surface area (Å²) in [5, 5.41) is 13.4. The number of hydrogen-bond donors (Lipinski definition) is 2. The standard InChI is InChI=1S/C13H17N3O2S/c1-4-8(5-2)16-11-9-7(3)10(13(17)18)19-12(9)15-6-14-11/h6,8H,4-5H2,1-3H3,(H,17,18)(H,14,15,16). The molecule has 0 unspecified atom stereocenters. The molecule has 0 bridgehead atoms. The molecule has 19 heavy (non-hydrogen) atoms. The van der Waals surface area contributed by atoms with E-state index in [9.17, 15) is 9.90 Å². The first-order valence-corrected chi connectivity index (χ1v) is 7.14. The summed E-state index contributed by atoms with van der Waals surface area (Å²) in [7, 11) is 0. The predicted molar refractivity (Wildman–Crippen MR) is 77.1 cm³/mol. The van der Waals surface area contributed by atoms with Gasteiger partial charge in [-0.25, -0.2) is 14.8 Å². The molecule has 0 atom stereocenters. The van der Waals surface area contributed by atoms with Gasteiger partial charge in [0, 0.05) is 6.04 Å². The van der Waals surface area contributed by atoms with E-state index in [-0.39, 0.29) is 0 Å². The summed E-state index contributed by atoms with van der Waals surface area (Å²) in [6.07, 6.45) is 3.47. The normalized spacial score (nSPS) is 11.2. The Bertz CT molecular complexity index is 605. The van der Waals surface area contributed by atoms with E-state index in [2.05, 4.69) is 29.1 Å². The maximum absolute atomic E-state index is 11.2. The van der Waals surface area contributed by atoms with Gasteiger partial charge in [-0.05, 0) is 25.3 Å². The Labute approximate surface area is 115 Å². The average Bonchev–Trinajstić information content (AvgIpc) is 2.74. The fraction of sp³-hybridized carbons (Fsp3) is 0.462. The fourth-order valence-corrected chi connectivity index (χ4v) is 3.06. The molecule has 6 heteroatoms. The summed E-state index contributed by atoms with van der Waals surface area (Å²) in [5.41, 5.74) is 0.738. The highest BCUT2D eigenvalue weighted by molar-refractivity contribution is 7.20. The van der Waals surface area contributed by atoms with Crippen LogP contribution in [-0.4, -0.2) is 27.1 Å². The summed E-state index contributed by atoms with van der Waals surface area (Å²) >= 11 is 1.20. The molecule has 102 valence electrons. The molecule has 0 radical (unpaired) electrons. The highest BCUT2D eigenvalue weighted by atomic mass is 32.1. The summed E-state index contributed by atoms with van der Waals surface area (Å²) in [6.45, 7) is 6.04. The second-order valence-corrected chi connectivity index (χ2v) is 5.42. The molecular weight excluding hydrogens is 262 g/mol. The second-order valence-electron chi connectivity index (χ2n) is 4.42. The van der Waals surface area contributed by atoms with Gasteiger partial charge in [-0.15, -0.1) is 11.3 Å². The molecule has 5 nitrogen and oxygen atoms in total. The lowest BCUT2D eigenvalue weighted by Crippen LogP contribution is -2.18. The fourth-order valence-electron chi connectivity index (χ4n) is 2.07. The number of fused-ring (bicyclic) bond motifs is 1. The maximum atomic E-state index is 11.2. The molecule has 0 aliphatic rings. The van der Waals surface area contributed by atoms with Gasteiger partial charge in [0.15, 0.2) is 0 Å². The molecule has 0 aromatic carbocycles. The van der Waals surface area contributed by atoms with E-state index in [0.717, 1.165) is 34.4 Å². The summed E-state index contributed by atoms with van der Waals surface area (Å²) in [5.74, 6) is -0.172. The first-order valence-electron chi connectivity index (χ1n) is 6.32. The zero-order chi connectivity index (χ0) is 14.0. The minimum absolute atomic E-state index is 0.336. The largest absolute Gasteiger partial charge is 0.477 e. The molecule has 2 aromatic rings. The smallest absolute Gasteiger partial charge is 0.346 e. The molecule has 0 saturated heterocycles. The van der Waals surface area contributed by atoms with E-state index in [4.69, 9.17) is 0 Å². The molecule has 0 fully saturated rings. The van der Waals surface area contributed by atoms with Crippen LogP contribution in [0.25, 0.3) is 10.2 Å². The lowest BCUT2D eigenvalue weighted by Gasteiger charge is -2.16. The quantitative estimate of drug-likeness (QED) is 0.878. The topological polar surface area (TPSA) is 75.1 Å². The highest BCUT2D eigenvalue weighted by Gasteiger charge is 2.19. The predicted octanol–water partition coefficient (Wildman–Crippen LogP) is 3.30. The van der Waals surface area contributed by atoms with Crippen LogP contribution in [-0.2, 0) is 0 Å². The van der Waals surface area contributed by atoms with E-state index >= 15 is 0 Å². The van der Waals surface area contributed by atoms with Crippen molar-refractivity contribution in [3.05, 3.63) is 16.8 Å². The Morgan fingerprint density at radius 1 is 1.42 bits per heavy atom. The number of hydrogen-bond acceptors (Lipinski definition) is 5. The van der Waals surface area contributed by atoms with Crippen LogP contribution < -0.4 is 5.32 Å². The SMILES string of the molecule is CCC(CC)Nc1ncnc2sc(C(=O)O)c(C)c12. The van der Waals surface area contributed by atoms with E-state index in [1.807, 2.05) is 6.92 Å². The Kier molecular flexibility index (Phi) is 3.99.